The van der Waals surface area contributed by atoms with E-state index in [1.165, 1.54) is 25.4 Å². The van der Waals surface area contributed by atoms with E-state index < -0.39 is 0 Å². The van der Waals surface area contributed by atoms with E-state index in [-0.39, 0.29) is 0 Å². The number of hydrogen-bond donors (Lipinski definition) is 0. The van der Waals surface area contributed by atoms with E-state index in [2.05, 4.69) is 60.2 Å². The second-order valence-corrected chi connectivity index (χ2v) is 10.0. The predicted octanol–water partition coefficient (Wildman–Crippen LogP) is 5.57. The van der Waals surface area contributed by atoms with E-state index in [1.807, 2.05) is 22.7 Å². The second-order valence-electron chi connectivity index (χ2n) is 7.20. The zero-order valence-corrected chi connectivity index (χ0v) is 18.7. The molecular weight excluding hydrogens is 404 g/mol. The lowest BCUT2D eigenvalue weighted by Gasteiger charge is -2.34. The van der Waals surface area contributed by atoms with Crippen molar-refractivity contribution in [2.45, 2.75) is 18.7 Å². The van der Waals surface area contributed by atoms with Gasteiger partial charge in [-0.25, -0.2) is 9.97 Å². The third-order valence-electron chi connectivity index (χ3n) is 5.22. The van der Waals surface area contributed by atoms with Crippen molar-refractivity contribution < 1.29 is 0 Å². The Labute approximate surface area is 177 Å². The smallest absolute Gasteiger partial charge is 0.186 e. The van der Waals surface area contributed by atoms with Crippen LogP contribution in [0.25, 0.3) is 20.4 Å². The minimum atomic E-state index is 0.988. The first kappa shape index (κ1) is 18.2. The van der Waals surface area contributed by atoms with Crippen LogP contribution in [0, 0.1) is 13.8 Å². The van der Waals surface area contributed by atoms with Gasteiger partial charge >= 0.3 is 0 Å². The van der Waals surface area contributed by atoms with E-state index in [9.17, 15) is 0 Å². The second kappa shape index (κ2) is 7.21. The first-order valence-corrected chi connectivity index (χ1v) is 12.3. The van der Waals surface area contributed by atoms with E-state index >= 15 is 0 Å². The predicted molar refractivity (Wildman–Crippen MR) is 125 cm³/mol. The molecule has 3 heterocycles. The Hall–Kier alpha value is -1.83. The molecule has 0 aliphatic carbocycles. The van der Waals surface area contributed by atoms with Gasteiger partial charge in [0.15, 0.2) is 10.3 Å². The first-order valence-electron chi connectivity index (χ1n) is 9.43. The highest BCUT2D eigenvalue weighted by Gasteiger charge is 2.23. The Bertz CT molecular complexity index is 1160. The Morgan fingerprint density at radius 3 is 2.36 bits per heavy atom. The summed E-state index contributed by atoms with van der Waals surface area (Å²) in [7, 11) is 0. The van der Waals surface area contributed by atoms with Gasteiger partial charge in [0.1, 0.15) is 0 Å². The molecule has 1 aliphatic rings. The van der Waals surface area contributed by atoms with Crippen LogP contribution in [0.2, 0.25) is 0 Å². The van der Waals surface area contributed by atoms with Crippen molar-refractivity contribution in [3.05, 3.63) is 41.5 Å². The molecule has 0 atom stereocenters. The molecule has 2 aromatic heterocycles. The summed E-state index contributed by atoms with van der Waals surface area (Å²) in [5, 5.41) is 2.30. The molecule has 7 heteroatoms. The molecule has 0 unspecified atom stereocenters. The number of anilines is 2. The third kappa shape index (κ3) is 3.15. The number of aromatic nitrogens is 2. The summed E-state index contributed by atoms with van der Waals surface area (Å²) in [5.74, 6) is 0. The van der Waals surface area contributed by atoms with Gasteiger partial charge in [-0.2, -0.15) is 0 Å². The maximum absolute atomic E-state index is 4.95. The molecule has 144 valence electrons. The SMILES string of the molecule is CSc1cccc2sc(N3CCN(c4nc5cc(C)cc(C)c5s4)CC3)nc12. The number of aryl methyl sites for hydroxylation is 2. The number of thioether (sulfide) groups is 1. The van der Waals surface area contributed by atoms with E-state index in [4.69, 9.17) is 9.97 Å². The van der Waals surface area contributed by atoms with Gasteiger partial charge in [-0.15, -0.1) is 11.8 Å². The van der Waals surface area contributed by atoms with Gasteiger partial charge in [-0.3, -0.25) is 0 Å². The minimum Gasteiger partial charge on any atom is -0.345 e. The number of rotatable bonds is 3. The zero-order chi connectivity index (χ0) is 19.3. The van der Waals surface area contributed by atoms with Crippen LogP contribution in [-0.4, -0.2) is 42.4 Å². The van der Waals surface area contributed by atoms with Gasteiger partial charge in [0, 0.05) is 31.1 Å². The van der Waals surface area contributed by atoms with Gasteiger partial charge in [-0.05, 0) is 49.4 Å². The summed E-state index contributed by atoms with van der Waals surface area (Å²) in [6.07, 6.45) is 2.12. The Morgan fingerprint density at radius 1 is 0.929 bits per heavy atom. The number of fused-ring (bicyclic) bond motifs is 2. The first-order chi connectivity index (χ1) is 13.6. The highest BCUT2D eigenvalue weighted by atomic mass is 32.2. The molecule has 0 N–H and O–H groups in total. The van der Waals surface area contributed by atoms with Crippen LogP contribution >= 0.6 is 34.4 Å². The number of hydrogen-bond acceptors (Lipinski definition) is 7. The standard InChI is InChI=1S/C21H22N4S3/c1-13-11-14(2)19-15(12-13)22-20(28-19)24-7-9-25(10-8-24)21-23-18-16(26-3)5-4-6-17(18)27-21/h4-6,11-12H,7-10H2,1-3H3. The molecule has 1 fully saturated rings. The Morgan fingerprint density at radius 2 is 1.64 bits per heavy atom. The van der Waals surface area contributed by atoms with Crippen molar-refractivity contribution in [3.63, 3.8) is 0 Å². The fourth-order valence-corrected chi connectivity index (χ4v) is 6.54. The van der Waals surface area contributed by atoms with E-state index in [0.717, 1.165) is 47.5 Å². The number of thiazole rings is 2. The number of para-hydroxylation sites is 1. The van der Waals surface area contributed by atoms with Crippen molar-refractivity contribution >= 4 is 65.1 Å². The van der Waals surface area contributed by atoms with E-state index in [1.54, 1.807) is 11.8 Å². The summed E-state index contributed by atoms with van der Waals surface area (Å²) < 4.78 is 2.60. The van der Waals surface area contributed by atoms with Crippen molar-refractivity contribution in [2.75, 3.05) is 42.2 Å². The van der Waals surface area contributed by atoms with Gasteiger partial charge < -0.3 is 9.80 Å². The van der Waals surface area contributed by atoms with Gasteiger partial charge in [0.05, 0.1) is 20.4 Å². The largest absolute Gasteiger partial charge is 0.345 e. The van der Waals surface area contributed by atoms with Crippen LogP contribution in [0.1, 0.15) is 11.1 Å². The van der Waals surface area contributed by atoms with Crippen molar-refractivity contribution in [2.24, 2.45) is 0 Å². The highest BCUT2D eigenvalue weighted by molar-refractivity contribution is 7.98. The number of piperazine rings is 1. The van der Waals surface area contributed by atoms with Gasteiger partial charge in [-0.1, -0.05) is 34.8 Å². The summed E-state index contributed by atoms with van der Waals surface area (Å²) in [6.45, 7) is 8.28. The lowest BCUT2D eigenvalue weighted by Crippen LogP contribution is -2.46. The molecule has 28 heavy (non-hydrogen) atoms. The number of nitrogens with zero attached hydrogens (tertiary/aromatic N) is 4. The molecule has 1 saturated heterocycles. The molecule has 0 bridgehead atoms. The fourth-order valence-electron chi connectivity index (χ4n) is 3.80. The fraction of sp³-hybridized carbons (Fsp3) is 0.333. The summed E-state index contributed by atoms with van der Waals surface area (Å²) in [4.78, 5) is 16.0. The quantitative estimate of drug-likeness (QED) is 0.400. The summed E-state index contributed by atoms with van der Waals surface area (Å²) in [5.41, 5.74) is 4.90. The maximum atomic E-state index is 4.95. The van der Waals surface area contributed by atoms with Crippen molar-refractivity contribution in [3.8, 4) is 0 Å². The van der Waals surface area contributed by atoms with Crippen molar-refractivity contribution in [1.29, 1.82) is 0 Å². The molecule has 2 aromatic carbocycles. The minimum absolute atomic E-state index is 0.988. The maximum Gasteiger partial charge on any atom is 0.186 e. The Kier molecular flexibility index (Phi) is 4.69. The average molecular weight is 427 g/mol. The van der Waals surface area contributed by atoms with Crippen LogP contribution in [0.3, 0.4) is 0 Å². The highest BCUT2D eigenvalue weighted by Crippen LogP contribution is 2.36. The molecular formula is C21H22N4S3. The topological polar surface area (TPSA) is 32.3 Å². The molecule has 5 rings (SSSR count). The lowest BCUT2D eigenvalue weighted by molar-refractivity contribution is 0.651. The molecule has 0 amide bonds. The molecule has 0 saturated carbocycles. The van der Waals surface area contributed by atoms with Crippen LogP contribution in [-0.2, 0) is 0 Å². The average Bonchev–Trinajstić information content (AvgIpc) is 3.32. The zero-order valence-electron chi connectivity index (χ0n) is 16.2. The van der Waals surface area contributed by atoms with Crippen LogP contribution in [0.4, 0.5) is 10.3 Å². The van der Waals surface area contributed by atoms with Gasteiger partial charge in [0.2, 0.25) is 0 Å². The molecule has 4 nitrogen and oxygen atoms in total. The molecule has 0 spiro atoms. The van der Waals surface area contributed by atoms with E-state index in [0.29, 0.717) is 0 Å². The number of benzene rings is 2. The molecule has 0 radical (unpaired) electrons. The summed E-state index contributed by atoms with van der Waals surface area (Å²) in [6, 6.07) is 10.9. The monoisotopic (exact) mass is 426 g/mol. The normalized spacial score (nSPS) is 15.1. The lowest BCUT2D eigenvalue weighted by atomic mass is 10.1. The van der Waals surface area contributed by atoms with Crippen LogP contribution < -0.4 is 9.80 Å². The molecule has 1 aliphatic heterocycles. The molecule has 4 aromatic rings. The third-order valence-corrected chi connectivity index (χ3v) is 8.34. The van der Waals surface area contributed by atoms with Crippen LogP contribution in [0.15, 0.2) is 35.2 Å². The summed E-state index contributed by atoms with van der Waals surface area (Å²) >= 11 is 5.40. The van der Waals surface area contributed by atoms with Crippen molar-refractivity contribution in [1.82, 2.24) is 9.97 Å². The Balaban J connectivity index is 1.36. The van der Waals surface area contributed by atoms with Gasteiger partial charge in [0.25, 0.3) is 0 Å². The van der Waals surface area contributed by atoms with Crippen LogP contribution in [0.5, 0.6) is 0 Å².